The van der Waals surface area contributed by atoms with Crippen molar-refractivity contribution in [1.29, 1.82) is 0 Å². The normalized spacial score (nSPS) is 25.7. The van der Waals surface area contributed by atoms with Gasteiger partial charge in [-0.05, 0) is 45.2 Å². The van der Waals surface area contributed by atoms with Gasteiger partial charge in [0.25, 0.3) is 0 Å². The maximum atomic E-state index is 10.4. The standard InChI is InChI=1S/C10H20NO3S/c1-9(12)10-4-2-5-11(8-10)6-3-7-15(13)14/h9-10,12,15H,1-8H2. The number of piperidine rings is 1. The van der Waals surface area contributed by atoms with E-state index in [1.807, 2.05) is 0 Å². The summed E-state index contributed by atoms with van der Waals surface area (Å²) in [5, 5.41) is 9.37. The summed E-state index contributed by atoms with van der Waals surface area (Å²) in [5.74, 6) is 0.517. The average Bonchev–Trinajstić information content (AvgIpc) is 2.17. The van der Waals surface area contributed by atoms with Crippen LogP contribution in [-0.4, -0.2) is 49.9 Å². The number of likely N-dealkylation sites (tertiary alicyclic amines) is 1. The quantitative estimate of drug-likeness (QED) is 0.652. The first-order valence-corrected chi connectivity index (χ1v) is 6.81. The molecular formula is C10H20NO3S. The van der Waals surface area contributed by atoms with Crippen LogP contribution >= 0.6 is 0 Å². The van der Waals surface area contributed by atoms with Crippen molar-refractivity contribution in [3.8, 4) is 0 Å². The minimum atomic E-state index is -2.24. The number of thiol groups is 1. The van der Waals surface area contributed by atoms with E-state index in [0.717, 1.165) is 32.5 Å². The number of hydrogen-bond donors (Lipinski definition) is 2. The molecule has 5 heteroatoms. The van der Waals surface area contributed by atoms with Crippen molar-refractivity contribution in [2.24, 2.45) is 5.92 Å². The van der Waals surface area contributed by atoms with Gasteiger partial charge in [-0.1, -0.05) is 0 Å². The van der Waals surface area contributed by atoms with Crippen molar-refractivity contribution in [1.82, 2.24) is 4.90 Å². The van der Waals surface area contributed by atoms with Crippen LogP contribution in [-0.2, 0) is 10.7 Å². The number of nitrogens with zero attached hydrogens (tertiary/aromatic N) is 1. The van der Waals surface area contributed by atoms with Gasteiger partial charge in [0.05, 0.1) is 6.10 Å². The van der Waals surface area contributed by atoms with Crippen LogP contribution in [0.4, 0.5) is 0 Å². The highest BCUT2D eigenvalue weighted by Crippen LogP contribution is 2.19. The van der Waals surface area contributed by atoms with E-state index in [0.29, 0.717) is 6.42 Å². The third-order valence-corrected chi connectivity index (χ3v) is 3.58. The van der Waals surface area contributed by atoms with Crippen molar-refractivity contribution in [2.45, 2.75) is 25.4 Å². The zero-order valence-corrected chi connectivity index (χ0v) is 9.86. The van der Waals surface area contributed by atoms with Gasteiger partial charge in [-0.15, -0.1) is 0 Å². The highest BCUT2D eigenvalue weighted by molar-refractivity contribution is 7.72. The lowest BCUT2D eigenvalue weighted by atomic mass is 9.93. The minimum Gasteiger partial charge on any atom is -0.393 e. The van der Waals surface area contributed by atoms with Gasteiger partial charge < -0.3 is 10.0 Å². The van der Waals surface area contributed by atoms with Crippen LogP contribution in [0.3, 0.4) is 0 Å². The van der Waals surface area contributed by atoms with Crippen LogP contribution < -0.4 is 0 Å². The molecular weight excluding hydrogens is 214 g/mol. The van der Waals surface area contributed by atoms with Crippen molar-refractivity contribution < 1.29 is 13.5 Å². The zero-order chi connectivity index (χ0) is 11.3. The van der Waals surface area contributed by atoms with Crippen LogP contribution in [0.1, 0.15) is 19.3 Å². The molecule has 1 N–H and O–H groups in total. The first kappa shape index (κ1) is 12.9. The molecule has 1 heterocycles. The van der Waals surface area contributed by atoms with Gasteiger partial charge in [0.15, 0.2) is 0 Å². The largest absolute Gasteiger partial charge is 0.393 e. The van der Waals surface area contributed by atoms with Crippen LogP contribution in [0, 0.1) is 12.8 Å². The second-order valence-corrected chi connectivity index (χ2v) is 5.29. The molecule has 0 aliphatic carbocycles. The fraction of sp³-hybridized carbons (Fsp3) is 0.900. The lowest BCUT2D eigenvalue weighted by molar-refractivity contribution is 0.0783. The van der Waals surface area contributed by atoms with E-state index < -0.39 is 16.8 Å². The van der Waals surface area contributed by atoms with Gasteiger partial charge in [0.1, 0.15) is 10.7 Å². The Hall–Kier alpha value is -0.130. The average molecular weight is 234 g/mol. The Morgan fingerprint density at radius 3 is 2.87 bits per heavy atom. The summed E-state index contributed by atoms with van der Waals surface area (Å²) >= 11 is 0. The van der Waals surface area contributed by atoms with Gasteiger partial charge in [0.2, 0.25) is 0 Å². The SMILES string of the molecule is [CH2]C(O)C1CCCN(CCC[SH](=O)=O)C1. The molecule has 0 saturated carbocycles. The first-order chi connectivity index (χ1) is 7.09. The first-order valence-electron chi connectivity index (χ1n) is 5.45. The predicted octanol–water partition coefficient (Wildman–Crippen LogP) is -0.105. The fourth-order valence-corrected chi connectivity index (χ4v) is 2.43. The van der Waals surface area contributed by atoms with E-state index in [1.54, 1.807) is 0 Å². The maximum absolute atomic E-state index is 10.4. The number of aliphatic hydroxyl groups excluding tert-OH is 1. The van der Waals surface area contributed by atoms with Crippen molar-refractivity contribution in [2.75, 3.05) is 25.4 Å². The van der Waals surface area contributed by atoms with Gasteiger partial charge in [-0.2, -0.15) is 0 Å². The van der Waals surface area contributed by atoms with Crippen LogP contribution in [0.15, 0.2) is 0 Å². The van der Waals surface area contributed by atoms with E-state index in [-0.39, 0.29) is 11.7 Å². The molecule has 1 aliphatic rings. The predicted molar refractivity (Wildman–Crippen MR) is 60.3 cm³/mol. The number of hydrogen-bond acceptors (Lipinski definition) is 4. The Morgan fingerprint density at radius 2 is 2.27 bits per heavy atom. The molecule has 0 spiro atoms. The molecule has 0 bridgehead atoms. The molecule has 1 aliphatic heterocycles. The number of rotatable bonds is 5. The summed E-state index contributed by atoms with van der Waals surface area (Å²) in [7, 11) is -2.24. The highest BCUT2D eigenvalue weighted by Gasteiger charge is 2.22. The molecule has 2 unspecified atom stereocenters. The molecule has 1 radical (unpaired) electrons. The maximum Gasteiger partial charge on any atom is 0.140 e. The molecule has 89 valence electrons. The molecule has 15 heavy (non-hydrogen) atoms. The summed E-state index contributed by atoms with van der Waals surface area (Å²) in [4.78, 5) is 2.22. The summed E-state index contributed by atoms with van der Waals surface area (Å²) in [5.41, 5.74) is 0. The van der Waals surface area contributed by atoms with Crippen molar-refractivity contribution in [3.05, 3.63) is 6.92 Å². The molecule has 2 atom stereocenters. The minimum absolute atomic E-state index is 0.250. The molecule has 1 rings (SSSR count). The second kappa shape index (κ2) is 6.45. The van der Waals surface area contributed by atoms with Gasteiger partial charge >= 0.3 is 0 Å². The summed E-state index contributed by atoms with van der Waals surface area (Å²) in [6.07, 6.45) is 2.29. The van der Waals surface area contributed by atoms with Gasteiger partial charge in [-0.25, -0.2) is 8.42 Å². The smallest absolute Gasteiger partial charge is 0.140 e. The monoisotopic (exact) mass is 234 g/mol. The molecule has 1 fully saturated rings. The summed E-state index contributed by atoms with van der Waals surface area (Å²) in [6.45, 7) is 6.31. The number of aliphatic hydroxyl groups is 1. The molecule has 0 aromatic carbocycles. The second-order valence-electron chi connectivity index (χ2n) is 4.18. The Balaban J connectivity index is 2.24. The Morgan fingerprint density at radius 1 is 1.53 bits per heavy atom. The summed E-state index contributed by atoms with van der Waals surface area (Å²) < 4.78 is 20.8. The Bertz CT molecular complexity index is 245. The van der Waals surface area contributed by atoms with E-state index in [1.165, 1.54) is 0 Å². The Kier molecular flexibility index (Phi) is 5.56. The van der Waals surface area contributed by atoms with Gasteiger partial charge in [-0.3, -0.25) is 0 Å². The molecule has 0 amide bonds. The third kappa shape index (κ3) is 4.95. The zero-order valence-electron chi connectivity index (χ0n) is 8.97. The van der Waals surface area contributed by atoms with E-state index >= 15 is 0 Å². The fourth-order valence-electron chi connectivity index (χ4n) is 2.03. The van der Waals surface area contributed by atoms with E-state index in [2.05, 4.69) is 11.8 Å². The topological polar surface area (TPSA) is 57.6 Å². The van der Waals surface area contributed by atoms with E-state index in [9.17, 15) is 13.5 Å². The molecule has 1 saturated heterocycles. The van der Waals surface area contributed by atoms with Crippen LogP contribution in [0.25, 0.3) is 0 Å². The molecule has 0 aromatic heterocycles. The van der Waals surface area contributed by atoms with E-state index in [4.69, 9.17) is 0 Å². The summed E-state index contributed by atoms with van der Waals surface area (Å²) in [6, 6.07) is 0. The van der Waals surface area contributed by atoms with Crippen molar-refractivity contribution in [3.63, 3.8) is 0 Å². The van der Waals surface area contributed by atoms with Crippen LogP contribution in [0.5, 0.6) is 0 Å². The lowest BCUT2D eigenvalue weighted by Crippen LogP contribution is -2.40. The lowest BCUT2D eigenvalue weighted by Gasteiger charge is -2.33. The Labute approximate surface area is 93.2 Å². The molecule has 4 nitrogen and oxygen atoms in total. The molecule has 0 aromatic rings. The van der Waals surface area contributed by atoms with Crippen molar-refractivity contribution >= 4 is 10.7 Å². The van der Waals surface area contributed by atoms with Crippen LogP contribution in [0.2, 0.25) is 0 Å². The third-order valence-electron chi connectivity index (χ3n) is 2.90. The van der Waals surface area contributed by atoms with Gasteiger partial charge in [0, 0.05) is 12.3 Å². The highest BCUT2D eigenvalue weighted by atomic mass is 32.2.